The molecule has 0 saturated heterocycles. The van der Waals surface area contributed by atoms with Gasteiger partial charge in [-0.2, -0.15) is 0 Å². The molecule has 0 aliphatic carbocycles. The minimum Gasteiger partial charge on any atom is -0.445 e. The summed E-state index contributed by atoms with van der Waals surface area (Å²) in [6.07, 6.45) is 5.70. The van der Waals surface area contributed by atoms with E-state index in [0.717, 1.165) is 35.5 Å². The molecule has 3 aromatic carbocycles. The molecule has 4 rings (SSSR count). The van der Waals surface area contributed by atoms with Crippen molar-refractivity contribution in [3.8, 4) is 0 Å². The topological polar surface area (TPSA) is 70.7 Å². The number of carbonyl (C=O) groups is 2. The quantitative estimate of drug-likeness (QED) is 0.426. The van der Waals surface area contributed by atoms with Crippen molar-refractivity contribution in [1.82, 2.24) is 5.32 Å². The van der Waals surface area contributed by atoms with Crippen LogP contribution >= 0.6 is 0 Å². The highest BCUT2D eigenvalue weighted by molar-refractivity contribution is 5.97. The fraction of sp³-hybridized carbons (Fsp3) is 0.172. The summed E-state index contributed by atoms with van der Waals surface area (Å²) in [5.74, 6) is -0.312. The number of amides is 2. The van der Waals surface area contributed by atoms with Crippen molar-refractivity contribution in [2.45, 2.75) is 19.1 Å². The van der Waals surface area contributed by atoms with E-state index < -0.39 is 12.1 Å². The van der Waals surface area contributed by atoms with E-state index in [0.29, 0.717) is 12.1 Å². The minimum atomic E-state index is -0.801. The van der Waals surface area contributed by atoms with E-state index in [1.807, 2.05) is 91.0 Å². The van der Waals surface area contributed by atoms with Gasteiger partial charge in [-0.1, -0.05) is 78.9 Å². The Kier molecular flexibility index (Phi) is 7.96. The number of nitrogens with zero attached hydrogens (tertiary/aromatic N) is 1. The number of hydrogen-bond acceptors (Lipinski definition) is 4. The second kappa shape index (κ2) is 11.7. The van der Waals surface area contributed by atoms with E-state index in [-0.39, 0.29) is 12.5 Å². The highest BCUT2D eigenvalue weighted by Gasteiger charge is 2.23. The van der Waals surface area contributed by atoms with E-state index in [1.165, 1.54) is 0 Å². The Bertz CT molecular complexity index is 1190. The van der Waals surface area contributed by atoms with Crippen LogP contribution < -0.4 is 15.5 Å². The summed E-state index contributed by atoms with van der Waals surface area (Å²) in [5.41, 5.74) is 4.58. The fourth-order valence-corrected chi connectivity index (χ4v) is 3.98. The van der Waals surface area contributed by atoms with Gasteiger partial charge >= 0.3 is 6.09 Å². The van der Waals surface area contributed by atoms with Gasteiger partial charge in [0.05, 0.1) is 0 Å². The van der Waals surface area contributed by atoms with Crippen molar-refractivity contribution in [3.63, 3.8) is 0 Å². The molecule has 0 unspecified atom stereocenters. The highest BCUT2D eigenvalue weighted by atomic mass is 16.5. The van der Waals surface area contributed by atoms with Crippen LogP contribution in [0.4, 0.5) is 16.2 Å². The molecule has 6 nitrogen and oxygen atoms in total. The van der Waals surface area contributed by atoms with Crippen molar-refractivity contribution in [3.05, 3.63) is 114 Å². The third-order valence-electron chi connectivity index (χ3n) is 5.71. The second-order valence-electron chi connectivity index (χ2n) is 8.31. The van der Waals surface area contributed by atoms with Crippen LogP contribution in [0.5, 0.6) is 0 Å². The molecule has 0 saturated carbocycles. The molecule has 3 aromatic rings. The maximum absolute atomic E-state index is 13.2. The molecule has 1 aliphatic rings. The number of alkyl carbamates (subject to hydrolysis) is 1. The van der Waals surface area contributed by atoms with Crippen LogP contribution in [-0.2, 0) is 22.6 Å². The predicted octanol–water partition coefficient (Wildman–Crippen LogP) is 5.18. The molecule has 0 fully saturated rings. The van der Waals surface area contributed by atoms with Gasteiger partial charge in [0.25, 0.3) is 0 Å². The number of carbonyl (C=O) groups excluding carboxylic acids is 2. The van der Waals surface area contributed by atoms with E-state index in [9.17, 15) is 9.59 Å². The first kappa shape index (κ1) is 23.8. The number of anilines is 2. The molecule has 178 valence electrons. The van der Waals surface area contributed by atoms with Gasteiger partial charge < -0.3 is 20.3 Å². The molecule has 0 spiro atoms. The lowest BCUT2D eigenvalue weighted by atomic mass is 10.0. The Morgan fingerprint density at radius 2 is 1.71 bits per heavy atom. The van der Waals surface area contributed by atoms with Gasteiger partial charge in [0.15, 0.2) is 0 Å². The standard InChI is InChI=1S/C29H29N3O3/c1-2-17-32-18-9-14-24-20-25(15-16-27(24)32)30-28(33)26(19-22-10-5-3-6-11-22)31-29(34)35-21-23-12-7-4-8-13-23/h2-16,20,26H,1,17-19,21H2,(H,30,33)(H,31,34)/t26-/m0/s1. The lowest BCUT2D eigenvalue weighted by molar-refractivity contribution is -0.118. The van der Waals surface area contributed by atoms with Crippen LogP contribution in [0, 0.1) is 0 Å². The summed E-state index contributed by atoms with van der Waals surface area (Å²) in [4.78, 5) is 28.0. The number of fused-ring (bicyclic) bond motifs is 1. The van der Waals surface area contributed by atoms with Gasteiger partial charge in [-0.3, -0.25) is 4.79 Å². The van der Waals surface area contributed by atoms with Crippen molar-refractivity contribution < 1.29 is 14.3 Å². The molecule has 6 heteroatoms. The second-order valence-corrected chi connectivity index (χ2v) is 8.31. The zero-order valence-corrected chi connectivity index (χ0v) is 19.5. The van der Waals surface area contributed by atoms with Crippen LogP contribution in [0.3, 0.4) is 0 Å². The van der Waals surface area contributed by atoms with E-state index in [4.69, 9.17) is 4.74 Å². The Balaban J connectivity index is 1.45. The third-order valence-corrected chi connectivity index (χ3v) is 5.71. The number of hydrogen-bond donors (Lipinski definition) is 2. The smallest absolute Gasteiger partial charge is 0.408 e. The number of benzene rings is 3. The van der Waals surface area contributed by atoms with Crippen LogP contribution in [0.2, 0.25) is 0 Å². The van der Waals surface area contributed by atoms with Crippen LogP contribution in [0.15, 0.2) is 97.6 Å². The van der Waals surface area contributed by atoms with Gasteiger partial charge in [-0.05, 0) is 34.9 Å². The fourth-order valence-electron chi connectivity index (χ4n) is 3.98. The summed E-state index contributed by atoms with van der Waals surface area (Å²) < 4.78 is 5.35. The number of nitrogens with one attached hydrogen (secondary N) is 2. The average Bonchev–Trinajstić information content (AvgIpc) is 2.88. The summed E-state index contributed by atoms with van der Waals surface area (Å²) in [6, 6.07) is 24.0. The molecule has 35 heavy (non-hydrogen) atoms. The Morgan fingerprint density at radius 1 is 1.00 bits per heavy atom. The lowest BCUT2D eigenvalue weighted by Crippen LogP contribution is -2.45. The highest BCUT2D eigenvalue weighted by Crippen LogP contribution is 2.28. The molecule has 1 heterocycles. The van der Waals surface area contributed by atoms with Crippen molar-refractivity contribution in [2.75, 3.05) is 23.3 Å². The first-order valence-corrected chi connectivity index (χ1v) is 11.6. The first-order chi connectivity index (χ1) is 17.1. The zero-order chi connectivity index (χ0) is 24.5. The zero-order valence-electron chi connectivity index (χ0n) is 19.5. The number of ether oxygens (including phenoxy) is 1. The predicted molar refractivity (Wildman–Crippen MR) is 140 cm³/mol. The lowest BCUT2D eigenvalue weighted by Gasteiger charge is -2.27. The van der Waals surface area contributed by atoms with Crippen LogP contribution in [0.25, 0.3) is 6.08 Å². The summed E-state index contributed by atoms with van der Waals surface area (Å²) in [6.45, 7) is 5.52. The van der Waals surface area contributed by atoms with Crippen LogP contribution in [-0.4, -0.2) is 31.1 Å². The normalized spacial score (nSPS) is 12.9. The van der Waals surface area contributed by atoms with Gasteiger partial charge in [0.2, 0.25) is 5.91 Å². The maximum atomic E-state index is 13.2. The molecular formula is C29H29N3O3. The van der Waals surface area contributed by atoms with E-state index >= 15 is 0 Å². The van der Waals surface area contributed by atoms with Gasteiger partial charge in [0.1, 0.15) is 12.6 Å². The van der Waals surface area contributed by atoms with Gasteiger partial charge in [-0.15, -0.1) is 6.58 Å². The molecule has 0 aromatic heterocycles. The van der Waals surface area contributed by atoms with Crippen LogP contribution in [0.1, 0.15) is 16.7 Å². The Morgan fingerprint density at radius 3 is 2.43 bits per heavy atom. The Hall–Kier alpha value is -4.32. The molecule has 0 radical (unpaired) electrons. The monoisotopic (exact) mass is 467 g/mol. The van der Waals surface area contributed by atoms with E-state index in [1.54, 1.807) is 0 Å². The Labute approximate surface area is 205 Å². The molecular weight excluding hydrogens is 438 g/mol. The first-order valence-electron chi connectivity index (χ1n) is 11.6. The molecule has 0 bridgehead atoms. The summed E-state index contributed by atoms with van der Waals surface area (Å²) in [5, 5.41) is 5.69. The summed E-state index contributed by atoms with van der Waals surface area (Å²) in [7, 11) is 0. The molecule has 1 aliphatic heterocycles. The minimum absolute atomic E-state index is 0.130. The molecule has 1 atom stereocenters. The molecule has 2 amide bonds. The van der Waals surface area contributed by atoms with E-state index in [2.05, 4.69) is 28.2 Å². The average molecular weight is 468 g/mol. The van der Waals surface area contributed by atoms with Gasteiger partial charge in [0, 0.05) is 30.9 Å². The molecule has 2 N–H and O–H groups in total. The third kappa shape index (κ3) is 6.60. The SMILES string of the molecule is C=CCN1CC=Cc2cc(NC(=O)[C@H](Cc3ccccc3)NC(=O)OCc3ccccc3)ccc21. The van der Waals surface area contributed by atoms with Crippen molar-refractivity contribution in [1.29, 1.82) is 0 Å². The summed E-state index contributed by atoms with van der Waals surface area (Å²) >= 11 is 0. The maximum Gasteiger partial charge on any atom is 0.408 e. The number of rotatable bonds is 9. The van der Waals surface area contributed by atoms with Crippen molar-refractivity contribution >= 4 is 29.5 Å². The van der Waals surface area contributed by atoms with Gasteiger partial charge in [-0.25, -0.2) is 4.79 Å². The largest absolute Gasteiger partial charge is 0.445 e. The van der Waals surface area contributed by atoms with Crippen molar-refractivity contribution in [2.24, 2.45) is 0 Å².